The Morgan fingerprint density at radius 1 is 1.13 bits per heavy atom. The molecule has 1 N–H and O–H groups in total. The molecular formula is C19H20ClNO2. The van der Waals surface area contributed by atoms with Crippen molar-refractivity contribution in [3.63, 3.8) is 0 Å². The molecule has 1 heterocycles. The first kappa shape index (κ1) is 15.9. The van der Waals surface area contributed by atoms with Crippen LogP contribution in [0.2, 0.25) is 5.02 Å². The zero-order chi connectivity index (χ0) is 16.2. The minimum atomic E-state index is 0.202. The average Bonchev–Trinajstić information content (AvgIpc) is 2.50. The Bertz CT molecular complexity index is 667. The lowest BCUT2D eigenvalue weighted by Crippen LogP contribution is -2.45. The molecule has 2 aromatic carbocycles. The van der Waals surface area contributed by atoms with Crippen molar-refractivity contribution in [2.45, 2.75) is 31.7 Å². The topological polar surface area (TPSA) is 40.5 Å². The minimum Gasteiger partial charge on any atom is -0.508 e. The number of aryl methyl sites for hydroxylation is 1. The van der Waals surface area contributed by atoms with E-state index < -0.39 is 0 Å². The van der Waals surface area contributed by atoms with E-state index in [0.29, 0.717) is 6.42 Å². The van der Waals surface area contributed by atoms with Gasteiger partial charge in [0.05, 0.1) is 6.04 Å². The summed E-state index contributed by atoms with van der Waals surface area (Å²) in [6.07, 6.45) is 3.26. The van der Waals surface area contributed by atoms with Crippen LogP contribution < -0.4 is 0 Å². The summed E-state index contributed by atoms with van der Waals surface area (Å²) < 4.78 is 0. The third-order valence-corrected chi connectivity index (χ3v) is 4.64. The highest BCUT2D eigenvalue weighted by molar-refractivity contribution is 6.30. The molecule has 0 saturated carbocycles. The molecule has 0 radical (unpaired) electrons. The zero-order valence-electron chi connectivity index (χ0n) is 12.9. The van der Waals surface area contributed by atoms with E-state index in [-0.39, 0.29) is 17.7 Å². The van der Waals surface area contributed by atoms with Gasteiger partial charge in [0.25, 0.3) is 0 Å². The molecule has 23 heavy (non-hydrogen) atoms. The van der Waals surface area contributed by atoms with Crippen molar-refractivity contribution in [2.24, 2.45) is 0 Å². The van der Waals surface area contributed by atoms with Gasteiger partial charge in [-0.25, -0.2) is 0 Å². The fourth-order valence-electron chi connectivity index (χ4n) is 2.97. The van der Waals surface area contributed by atoms with E-state index in [1.54, 1.807) is 12.1 Å². The van der Waals surface area contributed by atoms with E-state index >= 15 is 0 Å². The number of carbonyl (C=O) groups is 1. The van der Waals surface area contributed by atoms with Crippen LogP contribution in [0.4, 0.5) is 0 Å². The van der Waals surface area contributed by atoms with Crippen LogP contribution in [0.3, 0.4) is 0 Å². The van der Waals surface area contributed by atoms with Crippen molar-refractivity contribution in [2.75, 3.05) is 6.54 Å². The highest BCUT2D eigenvalue weighted by atomic mass is 35.5. The van der Waals surface area contributed by atoms with Gasteiger partial charge >= 0.3 is 0 Å². The van der Waals surface area contributed by atoms with E-state index in [1.807, 2.05) is 41.3 Å². The maximum atomic E-state index is 12.4. The highest BCUT2D eigenvalue weighted by Gasteiger charge is 2.32. The van der Waals surface area contributed by atoms with Gasteiger partial charge < -0.3 is 10.0 Å². The maximum Gasteiger partial charge on any atom is 0.223 e. The highest BCUT2D eigenvalue weighted by Crippen LogP contribution is 2.34. The second-order valence-corrected chi connectivity index (χ2v) is 6.40. The van der Waals surface area contributed by atoms with E-state index in [0.717, 1.165) is 42.0 Å². The van der Waals surface area contributed by atoms with Gasteiger partial charge in [0.2, 0.25) is 5.91 Å². The average molecular weight is 330 g/mol. The minimum absolute atomic E-state index is 0.202. The van der Waals surface area contributed by atoms with Crippen molar-refractivity contribution in [3.05, 3.63) is 64.7 Å². The monoisotopic (exact) mass is 329 g/mol. The van der Waals surface area contributed by atoms with Gasteiger partial charge in [-0.15, -0.1) is 0 Å². The first-order chi connectivity index (χ1) is 11.1. The Morgan fingerprint density at radius 2 is 1.83 bits per heavy atom. The number of phenolic OH excluding ortho intramolecular Hbond substituents is 1. The van der Waals surface area contributed by atoms with Gasteiger partial charge in [-0.1, -0.05) is 35.9 Å². The third-order valence-electron chi connectivity index (χ3n) is 4.39. The number of carbonyl (C=O) groups excluding carboxylic acids is 1. The summed E-state index contributed by atoms with van der Waals surface area (Å²) in [5.74, 6) is 0.492. The normalized spacial score (nSPS) is 16.9. The fourth-order valence-corrected chi connectivity index (χ4v) is 3.09. The summed E-state index contributed by atoms with van der Waals surface area (Å²) in [4.78, 5) is 14.3. The summed E-state index contributed by atoms with van der Waals surface area (Å²) in [5, 5.41) is 9.99. The van der Waals surface area contributed by atoms with Gasteiger partial charge in [0.15, 0.2) is 0 Å². The summed E-state index contributed by atoms with van der Waals surface area (Å²) in [5.41, 5.74) is 2.31. The van der Waals surface area contributed by atoms with Crippen molar-refractivity contribution in [1.29, 1.82) is 0 Å². The van der Waals surface area contributed by atoms with Crippen molar-refractivity contribution < 1.29 is 9.90 Å². The quantitative estimate of drug-likeness (QED) is 0.886. The molecule has 0 spiro atoms. The Labute approximate surface area is 141 Å². The number of hydrogen-bond donors (Lipinski definition) is 1. The molecule has 0 bridgehead atoms. The van der Waals surface area contributed by atoms with Crippen LogP contribution >= 0.6 is 11.6 Å². The van der Waals surface area contributed by atoms with Crippen LogP contribution in [-0.4, -0.2) is 22.5 Å². The molecule has 2 aromatic rings. The number of rotatable bonds is 5. The van der Waals surface area contributed by atoms with Crippen molar-refractivity contribution in [1.82, 2.24) is 4.90 Å². The number of hydrogen-bond acceptors (Lipinski definition) is 2. The van der Waals surface area contributed by atoms with Crippen molar-refractivity contribution >= 4 is 17.5 Å². The molecule has 0 aromatic heterocycles. The zero-order valence-corrected chi connectivity index (χ0v) is 13.7. The number of benzene rings is 2. The Morgan fingerprint density at radius 3 is 2.43 bits per heavy atom. The fraction of sp³-hybridized carbons (Fsp3) is 0.316. The van der Waals surface area contributed by atoms with Crippen LogP contribution in [0.25, 0.3) is 0 Å². The number of phenols is 1. The summed E-state index contributed by atoms with van der Waals surface area (Å²) in [6.45, 7) is 0.839. The molecule has 1 saturated heterocycles. The molecule has 1 unspecified atom stereocenters. The lowest BCUT2D eigenvalue weighted by Gasteiger charge is -2.41. The number of halogens is 1. The van der Waals surface area contributed by atoms with Gasteiger partial charge in [-0.05, 0) is 54.7 Å². The Kier molecular flexibility index (Phi) is 4.87. The second kappa shape index (κ2) is 7.05. The standard InChI is InChI=1S/C19H20ClNO2/c20-16-8-6-15(7-9-16)18-12-13-21(18)19(23)3-1-2-14-4-10-17(22)11-5-14/h4-11,18,22H,1-3,12-13H2. The number of amides is 1. The largest absolute Gasteiger partial charge is 0.508 e. The van der Waals surface area contributed by atoms with E-state index in [4.69, 9.17) is 11.6 Å². The molecule has 1 fully saturated rings. The van der Waals surface area contributed by atoms with Gasteiger partial charge in [0, 0.05) is 18.0 Å². The summed E-state index contributed by atoms with van der Waals surface area (Å²) in [6, 6.07) is 15.1. The van der Waals surface area contributed by atoms with Gasteiger partial charge in [-0.3, -0.25) is 4.79 Å². The number of aromatic hydroxyl groups is 1. The smallest absolute Gasteiger partial charge is 0.223 e. The molecule has 1 aliphatic heterocycles. The van der Waals surface area contributed by atoms with Crippen molar-refractivity contribution in [3.8, 4) is 5.75 Å². The molecule has 3 nitrogen and oxygen atoms in total. The lowest BCUT2D eigenvalue weighted by molar-refractivity contribution is -0.139. The summed E-state index contributed by atoms with van der Waals surface area (Å²) in [7, 11) is 0. The van der Waals surface area contributed by atoms with Crippen LogP contribution in [0.1, 0.15) is 36.4 Å². The van der Waals surface area contributed by atoms with E-state index in [1.165, 1.54) is 0 Å². The van der Waals surface area contributed by atoms with Crippen LogP contribution in [0.15, 0.2) is 48.5 Å². The molecule has 0 aliphatic carbocycles. The summed E-state index contributed by atoms with van der Waals surface area (Å²) >= 11 is 5.92. The van der Waals surface area contributed by atoms with E-state index in [2.05, 4.69) is 0 Å². The van der Waals surface area contributed by atoms with Crippen LogP contribution in [-0.2, 0) is 11.2 Å². The molecule has 120 valence electrons. The van der Waals surface area contributed by atoms with Gasteiger partial charge in [-0.2, -0.15) is 0 Å². The second-order valence-electron chi connectivity index (χ2n) is 5.96. The molecule has 1 aliphatic rings. The lowest BCUT2D eigenvalue weighted by atomic mass is 9.94. The predicted octanol–water partition coefficient (Wildman–Crippen LogP) is 4.34. The predicted molar refractivity (Wildman–Crippen MR) is 91.6 cm³/mol. The molecule has 1 amide bonds. The van der Waals surface area contributed by atoms with Gasteiger partial charge in [0.1, 0.15) is 5.75 Å². The maximum absolute atomic E-state index is 12.4. The number of nitrogens with zero attached hydrogens (tertiary/aromatic N) is 1. The molecule has 4 heteroatoms. The molecular weight excluding hydrogens is 310 g/mol. The Balaban J connectivity index is 1.50. The number of likely N-dealkylation sites (tertiary alicyclic amines) is 1. The first-order valence-corrected chi connectivity index (χ1v) is 8.34. The SMILES string of the molecule is O=C(CCCc1ccc(O)cc1)N1CCC1c1ccc(Cl)cc1. The van der Waals surface area contributed by atoms with Crippen LogP contribution in [0, 0.1) is 0 Å². The third kappa shape index (κ3) is 3.85. The molecule has 1 atom stereocenters. The van der Waals surface area contributed by atoms with Crippen LogP contribution in [0.5, 0.6) is 5.75 Å². The Hall–Kier alpha value is -2.00. The van der Waals surface area contributed by atoms with E-state index in [9.17, 15) is 9.90 Å². The molecule has 3 rings (SSSR count). The first-order valence-electron chi connectivity index (χ1n) is 7.96.